The first kappa shape index (κ1) is 20.7. The molecule has 1 atom stereocenters. The smallest absolute Gasteiger partial charge is 0.407 e. The van der Waals surface area contributed by atoms with Crippen molar-refractivity contribution in [3.8, 4) is 0 Å². The maximum atomic E-state index is 12.2. The van der Waals surface area contributed by atoms with E-state index in [4.69, 9.17) is 4.74 Å². The van der Waals surface area contributed by atoms with E-state index < -0.39 is 11.7 Å². The number of aromatic amines is 1. The fraction of sp³-hybridized carbons (Fsp3) is 0.476. The predicted octanol–water partition coefficient (Wildman–Crippen LogP) is 4.07. The van der Waals surface area contributed by atoms with Crippen molar-refractivity contribution in [2.24, 2.45) is 0 Å². The molecule has 1 aromatic carbocycles. The number of rotatable bonds is 8. The number of imidazole rings is 1. The fourth-order valence-corrected chi connectivity index (χ4v) is 2.78. The number of hydrogen-bond donors (Lipinski definition) is 2. The summed E-state index contributed by atoms with van der Waals surface area (Å²) >= 11 is 0. The number of nitrogens with one attached hydrogen (secondary N) is 2. The predicted molar refractivity (Wildman–Crippen MR) is 105 cm³/mol. The summed E-state index contributed by atoms with van der Waals surface area (Å²) < 4.78 is 5.39. The number of aromatic nitrogens is 2. The van der Waals surface area contributed by atoms with Gasteiger partial charge in [-0.3, -0.25) is 4.79 Å². The zero-order chi connectivity index (χ0) is 19.9. The Morgan fingerprint density at radius 2 is 1.93 bits per heavy atom. The number of hydrogen-bond acceptors (Lipinski definition) is 4. The van der Waals surface area contributed by atoms with Crippen molar-refractivity contribution in [3.63, 3.8) is 0 Å². The average molecular weight is 371 g/mol. The molecule has 2 N–H and O–H groups in total. The molecule has 1 heterocycles. The van der Waals surface area contributed by atoms with Crippen molar-refractivity contribution >= 4 is 11.9 Å². The lowest BCUT2D eigenvalue weighted by Crippen LogP contribution is -2.40. The Bertz CT molecular complexity index is 748. The first-order chi connectivity index (χ1) is 12.7. The second-order valence-electron chi connectivity index (χ2n) is 7.72. The van der Waals surface area contributed by atoms with Crippen molar-refractivity contribution in [1.82, 2.24) is 15.3 Å². The lowest BCUT2D eigenvalue weighted by molar-refractivity contribution is 0.0501. The SMILES string of the molecule is CC(=O)c1cnc(CCC[C@H](Cc2ccccc2)NC(=O)OC(C)(C)C)[nH]1. The van der Waals surface area contributed by atoms with Crippen LogP contribution in [0, 0.1) is 0 Å². The number of alkyl carbamates (subject to hydrolysis) is 1. The molecule has 6 nitrogen and oxygen atoms in total. The summed E-state index contributed by atoms with van der Waals surface area (Å²) in [5.41, 5.74) is 1.16. The Hall–Kier alpha value is -2.63. The minimum Gasteiger partial charge on any atom is -0.444 e. The molecule has 2 rings (SSSR count). The van der Waals surface area contributed by atoms with Crippen LogP contribution in [0.5, 0.6) is 0 Å². The highest BCUT2D eigenvalue weighted by molar-refractivity contribution is 5.91. The van der Waals surface area contributed by atoms with Crippen molar-refractivity contribution in [2.75, 3.05) is 0 Å². The number of ether oxygens (including phenoxy) is 1. The van der Waals surface area contributed by atoms with Crippen LogP contribution in [0.3, 0.4) is 0 Å². The Morgan fingerprint density at radius 3 is 2.52 bits per heavy atom. The first-order valence-electron chi connectivity index (χ1n) is 9.31. The summed E-state index contributed by atoms with van der Waals surface area (Å²) in [5.74, 6) is 0.762. The summed E-state index contributed by atoms with van der Waals surface area (Å²) in [4.78, 5) is 30.8. The van der Waals surface area contributed by atoms with Crippen LogP contribution in [0.25, 0.3) is 0 Å². The number of H-pyrrole nitrogens is 1. The van der Waals surface area contributed by atoms with Gasteiger partial charge in [-0.15, -0.1) is 0 Å². The highest BCUT2D eigenvalue weighted by Gasteiger charge is 2.20. The molecule has 0 fully saturated rings. The largest absolute Gasteiger partial charge is 0.444 e. The van der Waals surface area contributed by atoms with Gasteiger partial charge in [0.2, 0.25) is 0 Å². The molecule has 0 radical (unpaired) electrons. The number of carbonyl (C=O) groups is 2. The van der Waals surface area contributed by atoms with E-state index in [0.717, 1.165) is 30.7 Å². The first-order valence-corrected chi connectivity index (χ1v) is 9.31. The van der Waals surface area contributed by atoms with E-state index in [-0.39, 0.29) is 11.8 Å². The Kier molecular flexibility index (Phi) is 7.16. The van der Waals surface area contributed by atoms with Crippen LogP contribution in [-0.2, 0) is 17.6 Å². The molecule has 0 saturated heterocycles. The van der Waals surface area contributed by atoms with E-state index in [1.165, 1.54) is 6.92 Å². The second-order valence-corrected chi connectivity index (χ2v) is 7.72. The van der Waals surface area contributed by atoms with Crippen LogP contribution in [-0.4, -0.2) is 33.5 Å². The molecule has 0 unspecified atom stereocenters. The topological polar surface area (TPSA) is 84.1 Å². The molecular formula is C21H29N3O3. The van der Waals surface area contributed by atoms with Gasteiger partial charge in [0.1, 0.15) is 17.1 Å². The van der Waals surface area contributed by atoms with Gasteiger partial charge in [0.05, 0.1) is 6.20 Å². The third-order valence-electron chi connectivity index (χ3n) is 4.02. The lowest BCUT2D eigenvalue weighted by Gasteiger charge is -2.24. The van der Waals surface area contributed by atoms with Gasteiger partial charge in [0.25, 0.3) is 0 Å². The molecule has 1 aromatic heterocycles. The minimum absolute atomic E-state index is 0.0257. The van der Waals surface area contributed by atoms with Gasteiger partial charge in [-0.2, -0.15) is 0 Å². The fourth-order valence-electron chi connectivity index (χ4n) is 2.78. The standard InChI is InChI=1S/C21H29N3O3/c1-15(25)18-14-22-19(24-18)12-8-11-17(13-16-9-6-5-7-10-16)23-20(26)27-21(2,3)4/h5-7,9-10,14,17H,8,11-13H2,1-4H3,(H,22,24)(H,23,26)/t17-/m1/s1. The van der Waals surface area contributed by atoms with Crippen LogP contribution < -0.4 is 5.32 Å². The van der Waals surface area contributed by atoms with Crippen molar-refractivity contribution in [1.29, 1.82) is 0 Å². The van der Waals surface area contributed by atoms with E-state index in [2.05, 4.69) is 27.4 Å². The van der Waals surface area contributed by atoms with E-state index in [0.29, 0.717) is 12.1 Å². The summed E-state index contributed by atoms with van der Waals surface area (Å²) in [6.45, 7) is 7.06. The zero-order valence-corrected chi connectivity index (χ0v) is 16.5. The number of Topliss-reactive ketones (excluding diaryl/α,β-unsaturated/α-hetero) is 1. The number of ketones is 1. The number of aryl methyl sites for hydroxylation is 1. The van der Waals surface area contributed by atoms with Gasteiger partial charge >= 0.3 is 6.09 Å². The van der Waals surface area contributed by atoms with Crippen LogP contribution in [0.1, 0.15) is 62.4 Å². The van der Waals surface area contributed by atoms with Gasteiger partial charge in [-0.05, 0) is 45.6 Å². The molecule has 6 heteroatoms. The van der Waals surface area contributed by atoms with Gasteiger partial charge in [0, 0.05) is 19.4 Å². The summed E-state index contributed by atoms with van der Waals surface area (Å²) in [5, 5.41) is 2.99. The minimum atomic E-state index is -0.529. The van der Waals surface area contributed by atoms with Crippen molar-refractivity contribution in [3.05, 3.63) is 53.6 Å². The number of carbonyl (C=O) groups excluding carboxylic acids is 2. The van der Waals surface area contributed by atoms with Crippen LogP contribution >= 0.6 is 0 Å². The quantitative estimate of drug-likeness (QED) is 0.685. The monoisotopic (exact) mass is 371 g/mol. The van der Waals surface area contributed by atoms with E-state index in [1.54, 1.807) is 6.20 Å². The third kappa shape index (κ3) is 7.64. The number of benzene rings is 1. The Balaban J connectivity index is 1.93. The molecule has 1 amide bonds. The highest BCUT2D eigenvalue weighted by atomic mass is 16.6. The Morgan fingerprint density at radius 1 is 1.22 bits per heavy atom. The second kappa shape index (κ2) is 9.35. The average Bonchev–Trinajstić information content (AvgIpc) is 3.03. The van der Waals surface area contributed by atoms with E-state index in [1.807, 2.05) is 39.0 Å². The molecular weight excluding hydrogens is 342 g/mol. The zero-order valence-electron chi connectivity index (χ0n) is 16.5. The molecule has 0 saturated carbocycles. The summed E-state index contributed by atoms with van der Waals surface area (Å²) in [6, 6.07) is 10.0. The lowest BCUT2D eigenvalue weighted by atomic mass is 10.0. The molecule has 0 aliphatic rings. The van der Waals surface area contributed by atoms with E-state index >= 15 is 0 Å². The maximum absolute atomic E-state index is 12.2. The molecule has 0 aliphatic heterocycles. The number of nitrogens with zero attached hydrogens (tertiary/aromatic N) is 1. The van der Waals surface area contributed by atoms with Gasteiger partial charge in [-0.1, -0.05) is 30.3 Å². The molecule has 2 aromatic rings. The van der Waals surface area contributed by atoms with Crippen LogP contribution in [0.2, 0.25) is 0 Å². The normalized spacial score (nSPS) is 12.4. The van der Waals surface area contributed by atoms with Crippen LogP contribution in [0.4, 0.5) is 4.79 Å². The third-order valence-corrected chi connectivity index (χ3v) is 4.02. The molecule has 27 heavy (non-hydrogen) atoms. The van der Waals surface area contributed by atoms with Gasteiger partial charge < -0.3 is 15.0 Å². The highest BCUT2D eigenvalue weighted by Crippen LogP contribution is 2.12. The molecule has 146 valence electrons. The van der Waals surface area contributed by atoms with E-state index in [9.17, 15) is 9.59 Å². The van der Waals surface area contributed by atoms with Gasteiger partial charge in [-0.25, -0.2) is 9.78 Å². The molecule has 0 aliphatic carbocycles. The van der Waals surface area contributed by atoms with Crippen LogP contribution in [0.15, 0.2) is 36.5 Å². The number of amides is 1. The molecule has 0 bridgehead atoms. The van der Waals surface area contributed by atoms with Gasteiger partial charge in [0.15, 0.2) is 5.78 Å². The summed E-state index contributed by atoms with van der Waals surface area (Å²) in [7, 11) is 0. The maximum Gasteiger partial charge on any atom is 0.407 e. The van der Waals surface area contributed by atoms with Crippen molar-refractivity contribution in [2.45, 2.75) is 65.0 Å². The molecule has 0 spiro atoms. The summed E-state index contributed by atoms with van der Waals surface area (Å²) in [6.07, 6.45) is 4.23. The Labute approximate surface area is 160 Å². The van der Waals surface area contributed by atoms with Crippen molar-refractivity contribution < 1.29 is 14.3 Å².